The molecule has 0 aliphatic rings. The predicted octanol–water partition coefficient (Wildman–Crippen LogP) is 3.27. The Morgan fingerprint density at radius 2 is 1.94 bits per heavy atom. The Bertz CT molecular complexity index is 589. The average molecular weight is 285 g/mol. The fourth-order valence-corrected chi connectivity index (χ4v) is 1.69. The zero-order chi connectivity index (χ0) is 13.1. The van der Waals surface area contributed by atoms with Crippen LogP contribution in [0.4, 0.5) is 11.4 Å². The van der Waals surface area contributed by atoms with Crippen LogP contribution in [0.15, 0.2) is 30.6 Å². The van der Waals surface area contributed by atoms with Crippen molar-refractivity contribution in [3.05, 3.63) is 45.7 Å². The molecule has 0 fully saturated rings. The van der Waals surface area contributed by atoms with Gasteiger partial charge in [-0.15, -0.1) is 0 Å². The molecule has 0 unspecified atom stereocenters. The molecule has 6 nitrogen and oxygen atoms in total. The molecule has 0 spiro atoms. The van der Waals surface area contributed by atoms with Gasteiger partial charge in [-0.2, -0.15) is 0 Å². The number of benzene rings is 1. The first-order valence-corrected chi connectivity index (χ1v) is 5.50. The summed E-state index contributed by atoms with van der Waals surface area (Å²) in [6, 6.07) is 4.97. The van der Waals surface area contributed by atoms with Gasteiger partial charge in [0.2, 0.25) is 0 Å². The lowest BCUT2D eigenvalue weighted by molar-refractivity contribution is -0.385. The molecule has 92 valence electrons. The van der Waals surface area contributed by atoms with Crippen LogP contribution < -0.4 is 4.84 Å². The van der Waals surface area contributed by atoms with Gasteiger partial charge in [0.1, 0.15) is 12.4 Å². The summed E-state index contributed by atoms with van der Waals surface area (Å²) in [5, 5.41) is 10.9. The zero-order valence-electron chi connectivity index (χ0n) is 8.80. The largest absolute Gasteiger partial charge is 0.305 e. The third-order valence-corrected chi connectivity index (χ3v) is 2.70. The molecule has 0 aliphatic heterocycles. The summed E-state index contributed by atoms with van der Waals surface area (Å²) >= 11 is 11.5. The zero-order valence-corrected chi connectivity index (χ0v) is 10.3. The van der Waals surface area contributed by atoms with Crippen LogP contribution in [0.5, 0.6) is 0 Å². The van der Waals surface area contributed by atoms with E-state index in [2.05, 4.69) is 14.8 Å². The second-order valence-corrected chi connectivity index (χ2v) is 3.91. The van der Waals surface area contributed by atoms with Crippen molar-refractivity contribution in [1.82, 2.24) is 9.97 Å². The fraction of sp³-hybridized carbons (Fsp3) is 0. The SMILES string of the molecule is O=[N+]([O-])c1cnc(-c2ccc(NCl)cc2Cl)nc1. The number of anilines is 1. The Kier molecular flexibility index (Phi) is 3.59. The second-order valence-electron chi connectivity index (χ2n) is 3.31. The van der Waals surface area contributed by atoms with Crippen molar-refractivity contribution < 1.29 is 4.92 Å². The molecule has 0 radical (unpaired) electrons. The summed E-state index contributed by atoms with van der Waals surface area (Å²) in [5.41, 5.74) is 1.03. The van der Waals surface area contributed by atoms with E-state index < -0.39 is 4.92 Å². The Labute approximate surface area is 112 Å². The number of aromatic nitrogens is 2. The van der Waals surface area contributed by atoms with Crippen molar-refractivity contribution in [3.63, 3.8) is 0 Å². The summed E-state index contributed by atoms with van der Waals surface area (Å²) in [6.45, 7) is 0. The molecule has 1 aromatic carbocycles. The van der Waals surface area contributed by atoms with Gasteiger partial charge in [-0.25, -0.2) is 9.97 Å². The highest BCUT2D eigenvalue weighted by Crippen LogP contribution is 2.28. The lowest BCUT2D eigenvalue weighted by Crippen LogP contribution is -1.94. The van der Waals surface area contributed by atoms with Gasteiger partial charge < -0.3 is 0 Å². The molecule has 0 atom stereocenters. The van der Waals surface area contributed by atoms with E-state index in [1.807, 2.05) is 0 Å². The maximum Gasteiger partial charge on any atom is 0.305 e. The first-order chi connectivity index (χ1) is 8.61. The molecule has 1 heterocycles. The summed E-state index contributed by atoms with van der Waals surface area (Å²) in [5.74, 6) is 0.312. The minimum atomic E-state index is -0.564. The van der Waals surface area contributed by atoms with Crippen LogP contribution in [-0.4, -0.2) is 14.9 Å². The van der Waals surface area contributed by atoms with E-state index in [4.69, 9.17) is 23.4 Å². The van der Waals surface area contributed by atoms with E-state index in [1.165, 1.54) is 0 Å². The maximum absolute atomic E-state index is 10.5. The molecule has 2 aromatic rings. The van der Waals surface area contributed by atoms with Gasteiger partial charge in [0.25, 0.3) is 0 Å². The molecule has 0 bridgehead atoms. The van der Waals surface area contributed by atoms with E-state index in [-0.39, 0.29) is 5.69 Å². The van der Waals surface area contributed by atoms with Crippen LogP contribution in [0.3, 0.4) is 0 Å². The normalized spacial score (nSPS) is 10.1. The highest BCUT2D eigenvalue weighted by molar-refractivity contribution is 6.33. The second kappa shape index (κ2) is 5.16. The first kappa shape index (κ1) is 12.5. The topological polar surface area (TPSA) is 81.0 Å². The predicted molar refractivity (Wildman–Crippen MR) is 68.6 cm³/mol. The lowest BCUT2D eigenvalue weighted by atomic mass is 10.2. The Balaban J connectivity index is 2.39. The molecule has 0 saturated carbocycles. The molecule has 8 heteroatoms. The van der Waals surface area contributed by atoms with Gasteiger partial charge in [0.15, 0.2) is 5.82 Å². The van der Waals surface area contributed by atoms with E-state index in [0.717, 1.165) is 12.4 Å². The smallest absolute Gasteiger partial charge is 0.298 e. The lowest BCUT2D eigenvalue weighted by Gasteiger charge is -2.04. The molecule has 0 aliphatic carbocycles. The van der Waals surface area contributed by atoms with Crippen LogP contribution >= 0.6 is 23.4 Å². The molecule has 1 aromatic heterocycles. The number of nitrogens with zero attached hydrogens (tertiary/aromatic N) is 3. The Hall–Kier alpha value is -1.92. The van der Waals surface area contributed by atoms with Crippen LogP contribution in [0.25, 0.3) is 11.4 Å². The minimum absolute atomic E-state index is 0.172. The molecule has 1 N–H and O–H groups in total. The number of hydrogen-bond donors (Lipinski definition) is 1. The molecule has 0 saturated heterocycles. The molecular formula is C10H6Cl2N4O2. The van der Waals surface area contributed by atoms with Crippen LogP contribution in [-0.2, 0) is 0 Å². The standard InChI is InChI=1S/C10H6Cl2N4O2/c11-9-3-6(15-12)1-2-8(9)10-13-4-7(5-14-10)16(17)18/h1-5,15H. The summed E-state index contributed by atoms with van der Waals surface area (Å²) in [4.78, 5) is 20.1. The molecule has 18 heavy (non-hydrogen) atoms. The minimum Gasteiger partial charge on any atom is -0.298 e. The van der Waals surface area contributed by atoms with Gasteiger partial charge in [-0.3, -0.25) is 15.0 Å². The quantitative estimate of drug-likeness (QED) is 0.531. The van der Waals surface area contributed by atoms with Gasteiger partial charge in [0.05, 0.1) is 15.6 Å². The van der Waals surface area contributed by atoms with Gasteiger partial charge in [0, 0.05) is 17.3 Å². The van der Waals surface area contributed by atoms with Crippen LogP contribution in [0.1, 0.15) is 0 Å². The monoisotopic (exact) mass is 284 g/mol. The molecular weight excluding hydrogens is 279 g/mol. The highest BCUT2D eigenvalue weighted by atomic mass is 35.5. The van der Waals surface area contributed by atoms with Crippen molar-refractivity contribution in [2.24, 2.45) is 0 Å². The third kappa shape index (κ3) is 2.49. The number of rotatable bonds is 3. The van der Waals surface area contributed by atoms with Crippen molar-refractivity contribution in [2.45, 2.75) is 0 Å². The number of nitrogens with one attached hydrogen (secondary N) is 1. The van der Waals surface area contributed by atoms with Gasteiger partial charge in [-0.1, -0.05) is 11.6 Å². The summed E-state index contributed by atoms with van der Waals surface area (Å²) < 4.78 is 0. The van der Waals surface area contributed by atoms with Gasteiger partial charge in [-0.05, 0) is 18.2 Å². The van der Waals surface area contributed by atoms with Crippen molar-refractivity contribution in [3.8, 4) is 11.4 Å². The average Bonchev–Trinajstić information content (AvgIpc) is 2.38. The Morgan fingerprint density at radius 3 is 2.44 bits per heavy atom. The highest BCUT2D eigenvalue weighted by Gasteiger charge is 2.10. The van der Waals surface area contributed by atoms with E-state index in [1.54, 1.807) is 18.2 Å². The van der Waals surface area contributed by atoms with E-state index in [9.17, 15) is 10.1 Å². The van der Waals surface area contributed by atoms with Crippen LogP contribution in [0.2, 0.25) is 5.02 Å². The van der Waals surface area contributed by atoms with Gasteiger partial charge >= 0.3 is 5.69 Å². The van der Waals surface area contributed by atoms with Crippen molar-refractivity contribution in [2.75, 3.05) is 4.84 Å². The number of nitro groups is 1. The van der Waals surface area contributed by atoms with Crippen molar-refractivity contribution >= 4 is 34.8 Å². The van der Waals surface area contributed by atoms with E-state index >= 15 is 0 Å². The van der Waals surface area contributed by atoms with E-state index in [0.29, 0.717) is 22.1 Å². The number of halogens is 2. The maximum atomic E-state index is 10.5. The Morgan fingerprint density at radius 1 is 1.28 bits per heavy atom. The van der Waals surface area contributed by atoms with Crippen molar-refractivity contribution in [1.29, 1.82) is 0 Å². The first-order valence-electron chi connectivity index (χ1n) is 4.75. The number of hydrogen-bond acceptors (Lipinski definition) is 5. The fourth-order valence-electron chi connectivity index (χ4n) is 1.31. The summed E-state index contributed by atoms with van der Waals surface area (Å²) in [7, 11) is 0. The molecule has 2 rings (SSSR count). The van der Waals surface area contributed by atoms with Crippen LogP contribution in [0, 0.1) is 10.1 Å². The third-order valence-electron chi connectivity index (χ3n) is 2.17. The molecule has 0 amide bonds. The summed E-state index contributed by atoms with van der Waals surface area (Å²) in [6.07, 6.45) is 2.26.